The number of ketones is 1. The highest BCUT2D eigenvalue weighted by Crippen LogP contribution is 2.42. The average molecular weight is 483 g/mol. The molecule has 2 aromatic rings. The predicted molar refractivity (Wildman–Crippen MR) is 154 cm³/mol. The largest absolute Gasteiger partial charge is 0.295 e. The molecule has 0 amide bonds. The molecule has 0 saturated heterocycles. The fourth-order valence-electron chi connectivity index (χ4n) is 6.49. The van der Waals surface area contributed by atoms with Gasteiger partial charge in [0.1, 0.15) is 0 Å². The number of hydrogen-bond donors (Lipinski definition) is 0. The maximum Gasteiger partial charge on any atom is 0.159 e. The van der Waals surface area contributed by atoms with Crippen LogP contribution in [0.5, 0.6) is 0 Å². The van der Waals surface area contributed by atoms with Gasteiger partial charge in [-0.2, -0.15) is 0 Å². The molecule has 2 aliphatic rings. The summed E-state index contributed by atoms with van der Waals surface area (Å²) >= 11 is 0. The Balaban J connectivity index is 1.46. The summed E-state index contributed by atoms with van der Waals surface area (Å²) in [5, 5.41) is 0. The Kier molecular flexibility index (Phi) is 8.70. The minimum Gasteiger partial charge on any atom is -0.295 e. The van der Waals surface area contributed by atoms with Crippen molar-refractivity contribution in [3.05, 3.63) is 89.0 Å². The quantitative estimate of drug-likeness (QED) is 0.197. The Morgan fingerprint density at radius 3 is 2.42 bits per heavy atom. The van der Waals surface area contributed by atoms with Crippen LogP contribution in [-0.2, 0) is 12.8 Å². The van der Waals surface area contributed by atoms with E-state index < -0.39 is 0 Å². The number of allylic oxidation sites excluding steroid dienone is 3. The fraction of sp³-hybridized carbons (Fsp3) is 0.514. The van der Waals surface area contributed by atoms with Gasteiger partial charge in [-0.1, -0.05) is 106 Å². The van der Waals surface area contributed by atoms with E-state index in [1.807, 2.05) is 12.1 Å². The van der Waals surface area contributed by atoms with Crippen LogP contribution in [0.3, 0.4) is 0 Å². The molecule has 4 rings (SSSR count). The Labute approximate surface area is 220 Å². The second kappa shape index (κ2) is 11.8. The van der Waals surface area contributed by atoms with E-state index in [9.17, 15) is 4.79 Å². The summed E-state index contributed by atoms with van der Waals surface area (Å²) in [6.07, 6.45) is 15.2. The zero-order chi connectivity index (χ0) is 25.7. The van der Waals surface area contributed by atoms with Crippen LogP contribution in [0.25, 0.3) is 5.57 Å². The third-order valence-electron chi connectivity index (χ3n) is 9.21. The molecule has 1 nitrogen and oxygen atoms in total. The van der Waals surface area contributed by atoms with Crippen molar-refractivity contribution in [2.45, 2.75) is 91.9 Å². The fourth-order valence-corrected chi connectivity index (χ4v) is 6.49. The molecule has 0 heterocycles. The van der Waals surface area contributed by atoms with Gasteiger partial charge < -0.3 is 0 Å². The first kappa shape index (κ1) is 26.6. The van der Waals surface area contributed by atoms with Gasteiger partial charge in [0, 0.05) is 5.56 Å². The van der Waals surface area contributed by atoms with Crippen LogP contribution < -0.4 is 0 Å². The topological polar surface area (TPSA) is 17.1 Å². The van der Waals surface area contributed by atoms with E-state index in [1.54, 1.807) is 12.5 Å². The van der Waals surface area contributed by atoms with Crippen LogP contribution in [0.4, 0.5) is 0 Å². The summed E-state index contributed by atoms with van der Waals surface area (Å²) in [7, 11) is 0. The van der Waals surface area contributed by atoms with Crippen molar-refractivity contribution < 1.29 is 4.79 Å². The van der Waals surface area contributed by atoms with E-state index in [4.69, 9.17) is 0 Å². The molecule has 2 aromatic carbocycles. The first-order valence-corrected chi connectivity index (χ1v) is 14.3. The first-order valence-electron chi connectivity index (χ1n) is 14.3. The number of hydrogen-bond acceptors (Lipinski definition) is 1. The summed E-state index contributed by atoms with van der Waals surface area (Å²) in [6, 6.07) is 17.3. The van der Waals surface area contributed by atoms with Gasteiger partial charge in [-0.15, -0.1) is 6.58 Å². The van der Waals surface area contributed by atoms with Crippen molar-refractivity contribution in [1.29, 1.82) is 0 Å². The predicted octanol–water partition coefficient (Wildman–Crippen LogP) is 9.66. The monoisotopic (exact) mass is 482 g/mol. The number of carbonyl (C=O) groups excluding carboxylic acids is 1. The summed E-state index contributed by atoms with van der Waals surface area (Å²) < 4.78 is 0. The molecule has 0 radical (unpaired) electrons. The molecule has 1 heteroatoms. The molecule has 1 fully saturated rings. The second-order valence-electron chi connectivity index (χ2n) is 12.4. The number of fused-ring (bicyclic) bond motifs is 1. The van der Waals surface area contributed by atoms with Gasteiger partial charge in [0.15, 0.2) is 5.78 Å². The van der Waals surface area contributed by atoms with E-state index in [-0.39, 0.29) is 11.2 Å². The highest BCUT2D eigenvalue weighted by atomic mass is 16.1. The highest BCUT2D eigenvalue weighted by Gasteiger charge is 2.28. The van der Waals surface area contributed by atoms with Crippen molar-refractivity contribution in [1.82, 2.24) is 0 Å². The van der Waals surface area contributed by atoms with Crippen LogP contribution in [0, 0.1) is 23.2 Å². The lowest BCUT2D eigenvalue weighted by atomic mass is 9.73. The summed E-state index contributed by atoms with van der Waals surface area (Å²) in [5.41, 5.74) is 8.42. The van der Waals surface area contributed by atoms with E-state index in [0.29, 0.717) is 5.92 Å². The maximum atomic E-state index is 11.7. The summed E-state index contributed by atoms with van der Waals surface area (Å²) in [5.74, 6) is 2.53. The molecule has 0 bridgehead atoms. The molecule has 192 valence electrons. The standard InChI is InChI=1S/C35H46O/c1-6-35(4,5)21-20-27-10-9-11-28(15-14-27)22-32-24-31-12-7-8-13-33(31)34(25(32)2)23-29-16-18-30(19-17-29)26(3)36/h6-8,12-13,16-19,27-28,32H,1,9-11,14-15,20-24H2,2-5H3. The molecule has 0 N–H and O–H groups in total. The molecule has 2 aliphatic carbocycles. The molecule has 0 aliphatic heterocycles. The first-order chi connectivity index (χ1) is 17.3. The van der Waals surface area contributed by atoms with Crippen LogP contribution in [0.2, 0.25) is 0 Å². The van der Waals surface area contributed by atoms with E-state index in [2.05, 4.69) is 69.8 Å². The van der Waals surface area contributed by atoms with Crippen LogP contribution in [0.1, 0.15) is 106 Å². The number of rotatable bonds is 9. The maximum absolute atomic E-state index is 11.7. The van der Waals surface area contributed by atoms with Crippen molar-refractivity contribution in [3.8, 4) is 0 Å². The lowest BCUT2D eigenvalue weighted by Crippen LogP contribution is -2.19. The number of carbonyl (C=O) groups is 1. The van der Waals surface area contributed by atoms with Gasteiger partial charge in [0.2, 0.25) is 0 Å². The smallest absolute Gasteiger partial charge is 0.159 e. The van der Waals surface area contributed by atoms with Gasteiger partial charge in [-0.3, -0.25) is 4.79 Å². The zero-order valence-electron chi connectivity index (χ0n) is 23.1. The molecular formula is C35H46O. The van der Waals surface area contributed by atoms with Gasteiger partial charge in [-0.05, 0) is 91.4 Å². The number of Topliss-reactive ketones (excluding diaryl/α,β-unsaturated/α-hetero) is 1. The van der Waals surface area contributed by atoms with Crippen LogP contribution in [-0.4, -0.2) is 5.78 Å². The van der Waals surface area contributed by atoms with Crippen molar-refractivity contribution >= 4 is 11.4 Å². The van der Waals surface area contributed by atoms with Gasteiger partial charge >= 0.3 is 0 Å². The molecule has 36 heavy (non-hydrogen) atoms. The molecule has 0 aromatic heterocycles. The van der Waals surface area contributed by atoms with Crippen molar-refractivity contribution in [2.24, 2.45) is 23.2 Å². The number of benzene rings is 2. The Morgan fingerprint density at radius 2 is 1.69 bits per heavy atom. The molecule has 0 spiro atoms. The second-order valence-corrected chi connectivity index (χ2v) is 12.4. The van der Waals surface area contributed by atoms with E-state index >= 15 is 0 Å². The van der Waals surface area contributed by atoms with Crippen molar-refractivity contribution in [2.75, 3.05) is 0 Å². The minimum absolute atomic E-state index is 0.134. The molecule has 3 atom stereocenters. The van der Waals surface area contributed by atoms with E-state index in [0.717, 1.165) is 23.8 Å². The lowest BCUT2D eigenvalue weighted by Gasteiger charge is -2.32. The van der Waals surface area contributed by atoms with Crippen LogP contribution >= 0.6 is 0 Å². The molecular weight excluding hydrogens is 436 g/mol. The van der Waals surface area contributed by atoms with Gasteiger partial charge in [0.05, 0.1) is 0 Å². The summed E-state index contributed by atoms with van der Waals surface area (Å²) in [6.45, 7) is 12.7. The Morgan fingerprint density at radius 1 is 1.00 bits per heavy atom. The van der Waals surface area contributed by atoms with Gasteiger partial charge in [0.25, 0.3) is 0 Å². The molecule has 1 saturated carbocycles. The average Bonchev–Trinajstić information content (AvgIpc) is 3.10. The Hall–Kier alpha value is -2.41. The van der Waals surface area contributed by atoms with Gasteiger partial charge in [-0.25, -0.2) is 0 Å². The zero-order valence-corrected chi connectivity index (χ0v) is 23.1. The van der Waals surface area contributed by atoms with E-state index in [1.165, 1.54) is 80.1 Å². The Bertz CT molecular complexity index is 1080. The lowest BCUT2D eigenvalue weighted by molar-refractivity contribution is 0.101. The SMILES string of the molecule is C=CC(C)(C)CCC1CCCC(CC2Cc3ccccc3C(Cc3ccc(C(C)=O)cc3)=C2C)CC1. The third kappa shape index (κ3) is 6.67. The highest BCUT2D eigenvalue weighted by molar-refractivity contribution is 5.94. The molecule has 3 unspecified atom stereocenters. The van der Waals surface area contributed by atoms with Crippen LogP contribution in [0.15, 0.2) is 66.8 Å². The summed E-state index contributed by atoms with van der Waals surface area (Å²) in [4.78, 5) is 11.7. The van der Waals surface area contributed by atoms with Crippen molar-refractivity contribution in [3.63, 3.8) is 0 Å². The third-order valence-corrected chi connectivity index (χ3v) is 9.21. The normalized spacial score (nSPS) is 22.6. The minimum atomic E-state index is 0.134.